The predicted octanol–water partition coefficient (Wildman–Crippen LogP) is 24.4. The summed E-state index contributed by atoms with van der Waals surface area (Å²) in [4.78, 5) is 72.7. The molecule has 3 unspecified atom stereocenters. The normalized spacial score (nSPS) is 14.1. The van der Waals surface area contributed by atoms with Crippen LogP contribution in [-0.4, -0.2) is 96.7 Å². The van der Waals surface area contributed by atoms with Crippen molar-refractivity contribution in [3.05, 3.63) is 0 Å². The number of aliphatic hydroxyl groups is 1. The highest BCUT2D eigenvalue weighted by molar-refractivity contribution is 7.47. The first-order valence-electron chi connectivity index (χ1n) is 42.2. The van der Waals surface area contributed by atoms with Gasteiger partial charge in [0, 0.05) is 25.7 Å². The van der Waals surface area contributed by atoms with E-state index in [9.17, 15) is 43.2 Å². The van der Waals surface area contributed by atoms with E-state index >= 15 is 0 Å². The smallest absolute Gasteiger partial charge is 0.462 e. The minimum Gasteiger partial charge on any atom is -0.462 e. The molecule has 0 spiro atoms. The first kappa shape index (κ1) is 98.1. The molecule has 17 nitrogen and oxygen atoms in total. The average Bonchev–Trinajstić information content (AvgIpc) is 0.917. The van der Waals surface area contributed by atoms with Gasteiger partial charge in [-0.05, 0) is 31.6 Å². The van der Waals surface area contributed by atoms with E-state index in [-0.39, 0.29) is 25.7 Å². The number of phosphoric acid groups is 2. The molecule has 0 aliphatic heterocycles. The van der Waals surface area contributed by atoms with Crippen molar-refractivity contribution in [2.45, 2.75) is 451 Å². The van der Waals surface area contributed by atoms with Gasteiger partial charge in [0.15, 0.2) is 12.2 Å². The highest BCUT2D eigenvalue weighted by atomic mass is 31.2. The third-order valence-electron chi connectivity index (χ3n) is 19.4. The molecular weight excluding hydrogens is 1310 g/mol. The Hall–Kier alpha value is -1.94. The standard InChI is InChI=1S/C81H158O17P2/c1-6-10-13-16-18-20-22-24-26-27-28-29-30-31-32-34-40-44-48-52-57-62-67-81(86)98-77(71-92-79(84)65-60-55-50-46-42-38-36-35-37-41-45-49-54-58-63-74(5)9-4)73-96-100(89,90)94-69-75(82)68-93-99(87,88)95-72-76(70-91-78(83)64-59-53-15-12-8-3)97-80(85)66-61-56-51-47-43-39-33-25-23-21-19-17-14-11-7-2/h74-77,82H,6-73H2,1-5H3,(H,87,88)(H,89,90)/t74?,75-,76+,77+/m0/s1. The first-order valence-corrected chi connectivity index (χ1v) is 45.2. The lowest BCUT2D eigenvalue weighted by atomic mass is 9.99. The topological polar surface area (TPSA) is 237 Å². The van der Waals surface area contributed by atoms with Gasteiger partial charge < -0.3 is 33.8 Å². The van der Waals surface area contributed by atoms with E-state index in [1.54, 1.807) is 0 Å². The molecule has 100 heavy (non-hydrogen) atoms. The summed E-state index contributed by atoms with van der Waals surface area (Å²) in [5.41, 5.74) is 0. The molecule has 0 aromatic carbocycles. The lowest BCUT2D eigenvalue weighted by Crippen LogP contribution is -2.30. The Bertz CT molecular complexity index is 1910. The van der Waals surface area contributed by atoms with Crippen LogP contribution in [0.25, 0.3) is 0 Å². The van der Waals surface area contributed by atoms with Gasteiger partial charge in [-0.1, -0.05) is 381 Å². The molecule has 0 fully saturated rings. The zero-order chi connectivity index (χ0) is 73.4. The summed E-state index contributed by atoms with van der Waals surface area (Å²) in [5, 5.41) is 10.6. The number of rotatable bonds is 81. The molecule has 0 radical (unpaired) electrons. The molecule has 0 aliphatic carbocycles. The molecule has 0 rings (SSSR count). The Balaban J connectivity index is 5.11. The van der Waals surface area contributed by atoms with Crippen molar-refractivity contribution >= 4 is 39.5 Å². The van der Waals surface area contributed by atoms with Gasteiger partial charge in [-0.2, -0.15) is 0 Å². The number of unbranched alkanes of at least 4 members (excludes halogenated alkanes) is 52. The van der Waals surface area contributed by atoms with E-state index in [1.807, 2.05) is 0 Å². The van der Waals surface area contributed by atoms with Gasteiger partial charge >= 0.3 is 39.5 Å². The molecular formula is C81H158O17P2. The van der Waals surface area contributed by atoms with Crippen LogP contribution in [0.2, 0.25) is 0 Å². The van der Waals surface area contributed by atoms with Crippen LogP contribution >= 0.6 is 15.6 Å². The maximum absolute atomic E-state index is 13.1. The summed E-state index contributed by atoms with van der Waals surface area (Å²) < 4.78 is 68.5. The lowest BCUT2D eigenvalue weighted by molar-refractivity contribution is -0.161. The third kappa shape index (κ3) is 73.0. The number of phosphoric ester groups is 2. The van der Waals surface area contributed by atoms with Crippen molar-refractivity contribution in [1.29, 1.82) is 0 Å². The molecule has 0 amide bonds. The van der Waals surface area contributed by atoms with Crippen LogP contribution in [0, 0.1) is 5.92 Å². The van der Waals surface area contributed by atoms with Crippen molar-refractivity contribution in [1.82, 2.24) is 0 Å². The second kappa shape index (κ2) is 73.9. The highest BCUT2D eigenvalue weighted by Gasteiger charge is 2.30. The number of hydrogen-bond donors (Lipinski definition) is 3. The number of carbonyl (C=O) groups excluding carboxylic acids is 4. The second-order valence-electron chi connectivity index (χ2n) is 29.4. The lowest BCUT2D eigenvalue weighted by Gasteiger charge is -2.21. The molecule has 0 aliphatic rings. The molecule has 0 bridgehead atoms. The number of aliphatic hydroxyl groups excluding tert-OH is 1. The molecule has 0 saturated carbocycles. The van der Waals surface area contributed by atoms with Gasteiger partial charge in [0.05, 0.1) is 26.4 Å². The highest BCUT2D eigenvalue weighted by Crippen LogP contribution is 2.45. The number of hydrogen-bond acceptors (Lipinski definition) is 15. The van der Waals surface area contributed by atoms with Gasteiger partial charge in [-0.3, -0.25) is 37.3 Å². The van der Waals surface area contributed by atoms with Crippen LogP contribution in [0.5, 0.6) is 0 Å². The number of carbonyl (C=O) groups is 4. The quantitative estimate of drug-likeness (QED) is 0.0222. The van der Waals surface area contributed by atoms with Gasteiger partial charge in [0.1, 0.15) is 19.3 Å². The minimum absolute atomic E-state index is 0.108. The number of ether oxygens (including phenoxy) is 4. The van der Waals surface area contributed by atoms with Gasteiger partial charge in [0.25, 0.3) is 0 Å². The largest absolute Gasteiger partial charge is 0.472 e. The Kier molecular flexibility index (Phi) is 72.5. The fourth-order valence-corrected chi connectivity index (χ4v) is 14.1. The zero-order valence-electron chi connectivity index (χ0n) is 65.3. The Morgan fingerprint density at radius 3 is 0.710 bits per heavy atom. The molecule has 0 aromatic heterocycles. The van der Waals surface area contributed by atoms with Crippen molar-refractivity contribution in [3.8, 4) is 0 Å². The Morgan fingerprint density at radius 2 is 0.480 bits per heavy atom. The van der Waals surface area contributed by atoms with E-state index in [0.717, 1.165) is 102 Å². The van der Waals surface area contributed by atoms with E-state index in [2.05, 4.69) is 34.6 Å². The Labute approximate surface area is 613 Å². The monoisotopic (exact) mass is 1470 g/mol. The SMILES string of the molecule is CCCCCCCCCCCCCCCCCCCCCCCCC(=O)O[C@H](COC(=O)CCCCCCCCCCCCCCCCC(C)CC)COP(=O)(O)OC[C@@H](O)COP(=O)(O)OC[C@@H](COC(=O)CCCCCCC)OC(=O)CCCCCCCCCCCCCCCCC. The second-order valence-corrected chi connectivity index (χ2v) is 32.3. The summed E-state index contributed by atoms with van der Waals surface area (Å²) >= 11 is 0. The fraction of sp³-hybridized carbons (Fsp3) is 0.951. The van der Waals surface area contributed by atoms with Crippen molar-refractivity contribution in [3.63, 3.8) is 0 Å². The summed E-state index contributed by atoms with van der Waals surface area (Å²) in [6.45, 7) is 7.29. The summed E-state index contributed by atoms with van der Waals surface area (Å²) in [6, 6.07) is 0. The van der Waals surface area contributed by atoms with Crippen molar-refractivity contribution in [2.24, 2.45) is 5.92 Å². The number of esters is 4. The molecule has 19 heteroatoms. The molecule has 594 valence electrons. The molecule has 0 aromatic rings. The van der Waals surface area contributed by atoms with E-state index in [1.165, 1.54) is 250 Å². The van der Waals surface area contributed by atoms with Crippen LogP contribution < -0.4 is 0 Å². The zero-order valence-corrected chi connectivity index (χ0v) is 67.1. The summed E-state index contributed by atoms with van der Waals surface area (Å²) in [6.07, 6.45) is 65.7. The molecule has 6 atom stereocenters. The van der Waals surface area contributed by atoms with Crippen LogP contribution in [0.3, 0.4) is 0 Å². The van der Waals surface area contributed by atoms with E-state index in [0.29, 0.717) is 25.7 Å². The molecule has 3 N–H and O–H groups in total. The first-order chi connectivity index (χ1) is 48.6. The van der Waals surface area contributed by atoms with Gasteiger partial charge in [-0.25, -0.2) is 9.13 Å². The van der Waals surface area contributed by atoms with Gasteiger partial charge in [0.2, 0.25) is 0 Å². The minimum atomic E-state index is -4.96. The molecule has 0 saturated heterocycles. The van der Waals surface area contributed by atoms with E-state index < -0.39 is 97.5 Å². The average molecular weight is 1470 g/mol. The Morgan fingerprint density at radius 1 is 0.280 bits per heavy atom. The van der Waals surface area contributed by atoms with Crippen LogP contribution in [0.15, 0.2) is 0 Å². The predicted molar refractivity (Wildman–Crippen MR) is 409 cm³/mol. The maximum atomic E-state index is 13.1. The third-order valence-corrected chi connectivity index (χ3v) is 21.3. The van der Waals surface area contributed by atoms with Crippen LogP contribution in [0.1, 0.15) is 433 Å². The summed E-state index contributed by atoms with van der Waals surface area (Å²) in [5.74, 6) is -1.27. The van der Waals surface area contributed by atoms with Crippen LogP contribution in [-0.2, 0) is 65.4 Å². The summed E-state index contributed by atoms with van der Waals surface area (Å²) in [7, 11) is -9.91. The fourth-order valence-electron chi connectivity index (χ4n) is 12.6. The van der Waals surface area contributed by atoms with E-state index in [4.69, 9.17) is 37.0 Å². The maximum Gasteiger partial charge on any atom is 0.472 e. The van der Waals surface area contributed by atoms with Gasteiger partial charge in [-0.15, -0.1) is 0 Å². The van der Waals surface area contributed by atoms with Crippen LogP contribution in [0.4, 0.5) is 0 Å². The van der Waals surface area contributed by atoms with Crippen molar-refractivity contribution in [2.75, 3.05) is 39.6 Å². The van der Waals surface area contributed by atoms with Crippen molar-refractivity contribution < 1.29 is 80.2 Å². The molecule has 0 heterocycles.